The summed E-state index contributed by atoms with van der Waals surface area (Å²) in [6, 6.07) is 1.47. The molecule has 8 heteroatoms. The molecule has 1 rings (SSSR count). The Morgan fingerprint density at radius 3 is 2.89 bits per heavy atom. The Morgan fingerprint density at radius 2 is 2.16 bits per heavy atom. The quantitative estimate of drug-likeness (QED) is 0.264. The van der Waals surface area contributed by atoms with Gasteiger partial charge < -0.3 is 18.7 Å². The number of hydrogen-bond acceptors (Lipinski definition) is 7. The molecule has 0 spiro atoms. The second-order valence-electron chi connectivity index (χ2n) is 3.66. The van der Waals surface area contributed by atoms with Gasteiger partial charge in [-0.2, -0.15) is 0 Å². The Hall–Kier alpha value is -1.48. The van der Waals surface area contributed by atoms with E-state index in [1.807, 2.05) is 5.43 Å². The summed E-state index contributed by atoms with van der Waals surface area (Å²) in [6.45, 7) is 2.48. The van der Waals surface area contributed by atoms with Gasteiger partial charge in [0.25, 0.3) is 5.91 Å². The molecule has 8 nitrogen and oxygen atoms in total. The van der Waals surface area contributed by atoms with Crippen LogP contribution in [0, 0.1) is 0 Å². The van der Waals surface area contributed by atoms with Crippen molar-refractivity contribution in [3.8, 4) is 0 Å². The minimum atomic E-state index is -0.503. The predicted molar refractivity (Wildman–Crippen MR) is 65.1 cm³/mol. The van der Waals surface area contributed by atoms with Crippen LogP contribution in [0.1, 0.15) is 22.7 Å². The highest BCUT2D eigenvalue weighted by Gasteiger charge is 2.10. The van der Waals surface area contributed by atoms with Crippen LogP contribution in [0.2, 0.25) is 0 Å². The van der Waals surface area contributed by atoms with E-state index in [1.54, 1.807) is 7.11 Å². The molecular formula is C11H19N3O5. The first kappa shape index (κ1) is 15.6. The van der Waals surface area contributed by atoms with Gasteiger partial charge in [-0.25, -0.2) is 5.84 Å². The Labute approximate surface area is 111 Å². The monoisotopic (exact) mass is 273 g/mol. The molecule has 0 radical (unpaired) electrons. The van der Waals surface area contributed by atoms with Gasteiger partial charge in [0.1, 0.15) is 6.61 Å². The van der Waals surface area contributed by atoms with E-state index >= 15 is 0 Å². The molecule has 0 saturated carbocycles. The lowest BCUT2D eigenvalue weighted by Crippen LogP contribution is -2.30. The number of nitrogens with zero attached hydrogens (tertiary/aromatic N) is 1. The fourth-order valence-electron chi connectivity index (χ4n) is 1.26. The van der Waals surface area contributed by atoms with Gasteiger partial charge in [0, 0.05) is 26.4 Å². The maximum absolute atomic E-state index is 11.1. The zero-order valence-corrected chi connectivity index (χ0v) is 10.9. The van der Waals surface area contributed by atoms with Gasteiger partial charge in [-0.3, -0.25) is 10.2 Å². The molecule has 0 aliphatic carbocycles. The average Bonchev–Trinajstić information content (AvgIpc) is 2.89. The molecule has 0 aliphatic heterocycles. The maximum Gasteiger partial charge on any atom is 0.287 e. The molecule has 0 saturated heterocycles. The molecule has 0 aromatic carbocycles. The van der Waals surface area contributed by atoms with Crippen LogP contribution in [0.5, 0.6) is 0 Å². The number of hydrazine groups is 1. The largest absolute Gasteiger partial charge is 0.385 e. The van der Waals surface area contributed by atoms with E-state index in [0.29, 0.717) is 32.2 Å². The van der Waals surface area contributed by atoms with E-state index in [2.05, 4.69) is 5.16 Å². The third-order valence-electron chi connectivity index (χ3n) is 2.18. The van der Waals surface area contributed by atoms with Crippen LogP contribution in [0.15, 0.2) is 10.6 Å². The SMILES string of the molecule is COCCCOCCOCc1cc(C(=O)NN)no1. The van der Waals surface area contributed by atoms with E-state index in [9.17, 15) is 4.79 Å². The summed E-state index contributed by atoms with van der Waals surface area (Å²) >= 11 is 0. The number of aromatic nitrogens is 1. The van der Waals surface area contributed by atoms with Gasteiger partial charge in [-0.15, -0.1) is 0 Å². The second kappa shape index (κ2) is 9.45. The lowest BCUT2D eigenvalue weighted by atomic mass is 10.3. The number of nitrogens with two attached hydrogens (primary N) is 1. The van der Waals surface area contributed by atoms with Crippen LogP contribution >= 0.6 is 0 Å². The molecule has 0 atom stereocenters. The smallest absolute Gasteiger partial charge is 0.287 e. The van der Waals surface area contributed by atoms with Crippen molar-refractivity contribution in [1.82, 2.24) is 10.6 Å². The zero-order chi connectivity index (χ0) is 13.9. The van der Waals surface area contributed by atoms with E-state index < -0.39 is 5.91 Å². The van der Waals surface area contributed by atoms with Gasteiger partial charge in [0.15, 0.2) is 11.5 Å². The number of methoxy groups -OCH3 is 1. The highest BCUT2D eigenvalue weighted by atomic mass is 16.5. The number of carbonyl (C=O) groups excluding carboxylic acids is 1. The first-order valence-electron chi connectivity index (χ1n) is 5.89. The summed E-state index contributed by atoms with van der Waals surface area (Å²) in [5.41, 5.74) is 2.08. The van der Waals surface area contributed by atoms with Gasteiger partial charge >= 0.3 is 0 Å². The third kappa shape index (κ3) is 6.30. The molecule has 0 unspecified atom stereocenters. The van der Waals surface area contributed by atoms with Crippen molar-refractivity contribution >= 4 is 5.91 Å². The standard InChI is InChI=1S/C11H19N3O5/c1-16-3-2-4-17-5-6-18-8-9-7-10(14-19-9)11(15)13-12/h7H,2-6,8,12H2,1H3,(H,13,15). The Kier molecular flexibility index (Phi) is 7.75. The molecule has 3 N–H and O–H groups in total. The van der Waals surface area contributed by atoms with Gasteiger partial charge in [-0.05, 0) is 6.42 Å². The second-order valence-corrected chi connectivity index (χ2v) is 3.66. The lowest BCUT2D eigenvalue weighted by Gasteiger charge is -2.03. The third-order valence-corrected chi connectivity index (χ3v) is 2.18. The summed E-state index contributed by atoms with van der Waals surface area (Å²) in [6.07, 6.45) is 0.857. The highest BCUT2D eigenvalue weighted by molar-refractivity contribution is 5.91. The van der Waals surface area contributed by atoms with Crippen LogP contribution in [0.4, 0.5) is 0 Å². The summed E-state index contributed by atoms with van der Waals surface area (Å²) in [4.78, 5) is 11.1. The van der Waals surface area contributed by atoms with Gasteiger partial charge in [0.2, 0.25) is 0 Å². The fourth-order valence-corrected chi connectivity index (χ4v) is 1.26. The zero-order valence-electron chi connectivity index (χ0n) is 10.9. The fraction of sp³-hybridized carbons (Fsp3) is 0.636. The molecule has 1 amide bonds. The van der Waals surface area contributed by atoms with Crippen LogP contribution in [0.3, 0.4) is 0 Å². The lowest BCUT2D eigenvalue weighted by molar-refractivity contribution is 0.0272. The van der Waals surface area contributed by atoms with Gasteiger partial charge in [0.05, 0.1) is 13.2 Å². The summed E-state index contributed by atoms with van der Waals surface area (Å²) in [7, 11) is 1.65. The van der Waals surface area contributed by atoms with E-state index in [4.69, 9.17) is 24.6 Å². The van der Waals surface area contributed by atoms with E-state index in [0.717, 1.165) is 6.42 Å². The molecule has 0 bridgehead atoms. The molecule has 0 aliphatic rings. The van der Waals surface area contributed by atoms with Gasteiger partial charge in [-0.1, -0.05) is 5.16 Å². The predicted octanol–water partition coefficient (Wildman–Crippen LogP) is -0.152. The summed E-state index contributed by atoms with van der Waals surface area (Å²) in [5.74, 6) is 4.92. The number of amides is 1. The van der Waals surface area contributed by atoms with Crippen molar-refractivity contribution in [1.29, 1.82) is 0 Å². The molecule has 1 aromatic heterocycles. The molecular weight excluding hydrogens is 254 g/mol. The normalized spacial score (nSPS) is 10.6. The van der Waals surface area contributed by atoms with Crippen LogP contribution in [-0.2, 0) is 20.8 Å². The number of hydrogen-bond donors (Lipinski definition) is 2. The first-order valence-corrected chi connectivity index (χ1v) is 5.89. The van der Waals surface area contributed by atoms with Crippen molar-refractivity contribution < 1.29 is 23.5 Å². The number of rotatable bonds is 10. The van der Waals surface area contributed by atoms with E-state index in [1.165, 1.54) is 6.07 Å². The van der Waals surface area contributed by atoms with Crippen molar-refractivity contribution in [3.63, 3.8) is 0 Å². The molecule has 1 heterocycles. The summed E-state index contributed by atoms with van der Waals surface area (Å²) in [5, 5.41) is 3.54. The van der Waals surface area contributed by atoms with Crippen LogP contribution in [-0.4, -0.2) is 44.6 Å². The van der Waals surface area contributed by atoms with Crippen molar-refractivity contribution in [2.75, 3.05) is 33.5 Å². The average molecular weight is 273 g/mol. The topological polar surface area (TPSA) is 109 Å². The Balaban J connectivity index is 2.06. The minimum Gasteiger partial charge on any atom is -0.385 e. The first-order chi connectivity index (χ1) is 9.27. The molecule has 1 aromatic rings. The Bertz CT molecular complexity index is 369. The highest BCUT2D eigenvalue weighted by Crippen LogP contribution is 2.04. The Morgan fingerprint density at radius 1 is 1.37 bits per heavy atom. The summed E-state index contributed by atoms with van der Waals surface area (Å²) < 4.78 is 20.4. The number of carbonyl (C=O) groups is 1. The number of nitrogens with one attached hydrogen (secondary N) is 1. The maximum atomic E-state index is 11.1. The molecule has 0 fully saturated rings. The van der Waals surface area contributed by atoms with Crippen LogP contribution < -0.4 is 11.3 Å². The number of ether oxygens (including phenoxy) is 3. The molecule has 108 valence electrons. The minimum absolute atomic E-state index is 0.122. The molecule has 19 heavy (non-hydrogen) atoms. The van der Waals surface area contributed by atoms with Crippen LogP contribution in [0.25, 0.3) is 0 Å². The van der Waals surface area contributed by atoms with E-state index in [-0.39, 0.29) is 12.3 Å². The van der Waals surface area contributed by atoms with Crippen molar-refractivity contribution in [2.45, 2.75) is 13.0 Å². The number of nitrogen functional groups attached to an aromatic ring is 1. The van der Waals surface area contributed by atoms with Crippen molar-refractivity contribution in [2.24, 2.45) is 5.84 Å². The van der Waals surface area contributed by atoms with Crippen molar-refractivity contribution in [3.05, 3.63) is 17.5 Å².